The number of ether oxygens (including phenoxy) is 1. The SMILES string of the molecule is COC(=O)Nc1ccc(C(=O)N[C@@H](Cc2ccccc2)C(=O)NNC(=O)c2cc(Cl)ccc2-n2cnnn2)cc1. The summed E-state index contributed by atoms with van der Waals surface area (Å²) in [6.07, 6.45) is 0.799. The van der Waals surface area contributed by atoms with Crippen molar-refractivity contribution < 1.29 is 23.9 Å². The first-order valence-corrected chi connectivity index (χ1v) is 12.1. The highest BCUT2D eigenvalue weighted by Gasteiger charge is 2.23. The van der Waals surface area contributed by atoms with Gasteiger partial charge in [-0.25, -0.2) is 4.79 Å². The molecule has 0 unspecified atom stereocenters. The molecule has 4 amide bonds. The summed E-state index contributed by atoms with van der Waals surface area (Å²) in [4.78, 5) is 50.5. The second kappa shape index (κ2) is 13.0. The lowest BCUT2D eigenvalue weighted by atomic mass is 10.0. The van der Waals surface area contributed by atoms with Crippen LogP contribution < -0.4 is 21.5 Å². The first kappa shape index (κ1) is 27.7. The van der Waals surface area contributed by atoms with E-state index in [1.807, 2.05) is 18.2 Å². The number of nitrogens with zero attached hydrogens (tertiary/aromatic N) is 4. The molecule has 0 bridgehead atoms. The van der Waals surface area contributed by atoms with Crippen LogP contribution in [-0.4, -0.2) is 57.2 Å². The number of anilines is 1. The van der Waals surface area contributed by atoms with Crippen molar-refractivity contribution in [1.29, 1.82) is 0 Å². The summed E-state index contributed by atoms with van der Waals surface area (Å²) in [5, 5.41) is 16.4. The van der Waals surface area contributed by atoms with E-state index in [4.69, 9.17) is 11.6 Å². The van der Waals surface area contributed by atoms with E-state index in [-0.39, 0.29) is 22.6 Å². The largest absolute Gasteiger partial charge is 0.453 e. The Morgan fingerprint density at radius 3 is 2.38 bits per heavy atom. The van der Waals surface area contributed by atoms with Crippen LogP contribution in [0.15, 0.2) is 79.1 Å². The van der Waals surface area contributed by atoms with Crippen molar-refractivity contribution in [3.63, 3.8) is 0 Å². The van der Waals surface area contributed by atoms with Gasteiger partial charge in [0.1, 0.15) is 12.4 Å². The van der Waals surface area contributed by atoms with Gasteiger partial charge >= 0.3 is 6.09 Å². The number of amides is 4. The zero-order chi connectivity index (χ0) is 28.5. The second-order valence-corrected chi connectivity index (χ2v) is 8.71. The molecule has 0 saturated carbocycles. The van der Waals surface area contributed by atoms with Gasteiger partial charge in [-0.1, -0.05) is 41.9 Å². The number of methoxy groups -OCH3 is 1. The van der Waals surface area contributed by atoms with Crippen LogP contribution in [0.5, 0.6) is 0 Å². The molecule has 4 rings (SSSR count). The van der Waals surface area contributed by atoms with E-state index in [2.05, 4.69) is 41.7 Å². The first-order valence-electron chi connectivity index (χ1n) is 11.8. The number of hydrogen-bond acceptors (Lipinski definition) is 8. The zero-order valence-corrected chi connectivity index (χ0v) is 21.8. The van der Waals surface area contributed by atoms with E-state index in [1.54, 1.807) is 24.3 Å². The number of hydrogen-bond donors (Lipinski definition) is 4. The van der Waals surface area contributed by atoms with E-state index < -0.39 is 29.9 Å². The number of carbonyl (C=O) groups is 4. The molecule has 0 saturated heterocycles. The molecule has 40 heavy (non-hydrogen) atoms. The second-order valence-electron chi connectivity index (χ2n) is 8.27. The lowest BCUT2D eigenvalue weighted by molar-refractivity contribution is -0.123. The van der Waals surface area contributed by atoms with E-state index in [1.165, 1.54) is 48.5 Å². The number of tetrazole rings is 1. The normalized spacial score (nSPS) is 11.2. The van der Waals surface area contributed by atoms with Crippen molar-refractivity contribution in [2.75, 3.05) is 12.4 Å². The van der Waals surface area contributed by atoms with Crippen LogP contribution in [0.3, 0.4) is 0 Å². The van der Waals surface area contributed by atoms with Crippen molar-refractivity contribution in [3.8, 4) is 5.69 Å². The standard InChI is InChI=1S/C26H23ClN8O5/c1-40-26(39)29-19-10-7-17(8-11-19)23(36)30-21(13-16-5-3-2-4-6-16)25(38)32-31-24(37)20-14-18(27)9-12-22(20)35-15-28-33-34-35/h2-12,14-15,21H,13H2,1H3,(H,29,39)(H,30,36)(H,31,37)(H,32,38)/t21-/m0/s1. The summed E-state index contributed by atoms with van der Waals surface area (Å²) in [5.74, 6) is -1.89. The van der Waals surface area contributed by atoms with Crippen molar-refractivity contribution in [2.24, 2.45) is 0 Å². The van der Waals surface area contributed by atoms with Gasteiger partial charge < -0.3 is 10.1 Å². The summed E-state index contributed by atoms with van der Waals surface area (Å²) < 4.78 is 5.82. The van der Waals surface area contributed by atoms with Gasteiger partial charge in [-0.05, 0) is 58.5 Å². The van der Waals surface area contributed by atoms with Gasteiger partial charge in [0.05, 0.1) is 18.4 Å². The molecule has 13 nitrogen and oxygen atoms in total. The molecule has 0 aliphatic rings. The van der Waals surface area contributed by atoms with E-state index in [9.17, 15) is 19.2 Å². The van der Waals surface area contributed by atoms with Crippen molar-refractivity contribution in [1.82, 2.24) is 36.4 Å². The molecule has 1 atom stereocenters. The molecule has 0 spiro atoms. The fourth-order valence-electron chi connectivity index (χ4n) is 3.61. The Kier molecular flexibility index (Phi) is 8.99. The average molecular weight is 563 g/mol. The zero-order valence-electron chi connectivity index (χ0n) is 21.0. The number of rotatable bonds is 8. The molecule has 0 aliphatic heterocycles. The van der Waals surface area contributed by atoms with Gasteiger partial charge in [-0.3, -0.25) is 30.6 Å². The van der Waals surface area contributed by atoms with E-state index >= 15 is 0 Å². The Balaban J connectivity index is 1.47. The van der Waals surface area contributed by atoms with Crippen LogP contribution in [-0.2, 0) is 16.0 Å². The highest BCUT2D eigenvalue weighted by Crippen LogP contribution is 2.19. The molecular formula is C26H23ClN8O5. The van der Waals surface area contributed by atoms with Crippen molar-refractivity contribution in [3.05, 3.63) is 101 Å². The van der Waals surface area contributed by atoms with Crippen LogP contribution >= 0.6 is 11.6 Å². The summed E-state index contributed by atoms with van der Waals surface area (Å²) >= 11 is 6.08. The maximum Gasteiger partial charge on any atom is 0.411 e. The Morgan fingerprint density at radius 2 is 1.70 bits per heavy atom. The third kappa shape index (κ3) is 7.17. The smallest absolute Gasteiger partial charge is 0.411 e. The van der Waals surface area contributed by atoms with Crippen LogP contribution in [0.4, 0.5) is 10.5 Å². The third-order valence-electron chi connectivity index (χ3n) is 5.58. The lowest BCUT2D eigenvalue weighted by Crippen LogP contribution is -2.53. The predicted octanol–water partition coefficient (Wildman–Crippen LogP) is 2.30. The minimum absolute atomic E-state index is 0.101. The van der Waals surface area contributed by atoms with E-state index in [0.717, 1.165) is 5.56 Å². The Labute approximate surface area is 232 Å². The van der Waals surface area contributed by atoms with Gasteiger partial charge in [-0.15, -0.1) is 5.10 Å². The van der Waals surface area contributed by atoms with Crippen LogP contribution in [0.25, 0.3) is 5.69 Å². The van der Waals surface area contributed by atoms with Gasteiger partial charge in [0, 0.05) is 22.7 Å². The number of hydrazine groups is 1. The minimum Gasteiger partial charge on any atom is -0.453 e. The van der Waals surface area contributed by atoms with Gasteiger partial charge in [0.2, 0.25) is 0 Å². The molecule has 4 N–H and O–H groups in total. The fraction of sp³-hybridized carbons (Fsp3) is 0.115. The summed E-state index contributed by atoms with van der Waals surface area (Å²) in [5.41, 5.74) is 6.61. The first-order chi connectivity index (χ1) is 19.3. The number of aromatic nitrogens is 4. The minimum atomic E-state index is -1.05. The van der Waals surface area contributed by atoms with E-state index in [0.29, 0.717) is 11.4 Å². The van der Waals surface area contributed by atoms with Crippen LogP contribution in [0, 0.1) is 0 Å². The topological polar surface area (TPSA) is 169 Å². The van der Waals surface area contributed by atoms with Crippen molar-refractivity contribution in [2.45, 2.75) is 12.5 Å². The van der Waals surface area contributed by atoms with Gasteiger partial charge in [0.25, 0.3) is 17.7 Å². The van der Waals surface area contributed by atoms with Gasteiger partial charge in [-0.2, -0.15) is 4.68 Å². The molecule has 1 heterocycles. The average Bonchev–Trinajstić information content (AvgIpc) is 3.51. The molecule has 4 aromatic rings. The lowest BCUT2D eigenvalue weighted by Gasteiger charge is -2.19. The summed E-state index contributed by atoms with van der Waals surface area (Å²) in [7, 11) is 1.24. The number of benzene rings is 3. The summed E-state index contributed by atoms with van der Waals surface area (Å²) in [6.45, 7) is 0. The molecule has 1 aromatic heterocycles. The monoisotopic (exact) mass is 562 g/mol. The molecule has 3 aromatic carbocycles. The molecular weight excluding hydrogens is 540 g/mol. The molecule has 0 radical (unpaired) electrons. The number of nitrogens with one attached hydrogen (secondary N) is 4. The maximum absolute atomic E-state index is 13.2. The van der Waals surface area contributed by atoms with Crippen LogP contribution in [0.2, 0.25) is 5.02 Å². The van der Waals surface area contributed by atoms with Gasteiger partial charge in [0.15, 0.2) is 0 Å². The Hall–Kier alpha value is -5.30. The molecule has 0 fully saturated rings. The van der Waals surface area contributed by atoms with Crippen LogP contribution in [0.1, 0.15) is 26.3 Å². The molecule has 14 heteroatoms. The Bertz CT molecular complexity index is 1500. The highest BCUT2D eigenvalue weighted by molar-refractivity contribution is 6.31. The predicted molar refractivity (Wildman–Crippen MR) is 144 cm³/mol. The quantitative estimate of drug-likeness (QED) is 0.237. The maximum atomic E-state index is 13.2. The Morgan fingerprint density at radius 1 is 0.950 bits per heavy atom. The summed E-state index contributed by atoms with van der Waals surface area (Å²) in [6, 6.07) is 18.5. The highest BCUT2D eigenvalue weighted by atomic mass is 35.5. The number of halogens is 1. The van der Waals surface area contributed by atoms with Crippen molar-refractivity contribution >= 4 is 41.1 Å². The fourth-order valence-corrected chi connectivity index (χ4v) is 3.78. The molecule has 0 aliphatic carbocycles. The molecule has 204 valence electrons. The number of carbonyl (C=O) groups excluding carboxylic acids is 4. The third-order valence-corrected chi connectivity index (χ3v) is 5.82.